The molecule has 2 rings (SSSR count). The molecule has 0 radical (unpaired) electrons. The van der Waals surface area contributed by atoms with E-state index in [-0.39, 0.29) is 5.82 Å². The number of nitrogens with one attached hydrogen (secondary N) is 2. The predicted molar refractivity (Wildman–Crippen MR) is 89.1 cm³/mol. The average Bonchev–Trinajstić information content (AvgIpc) is 2.46. The van der Waals surface area contributed by atoms with Crippen molar-refractivity contribution in [2.75, 3.05) is 0 Å². The lowest BCUT2D eigenvalue weighted by Gasteiger charge is -2.11. The van der Waals surface area contributed by atoms with Crippen LogP contribution in [0.25, 0.3) is 0 Å². The van der Waals surface area contributed by atoms with Crippen LogP contribution in [0.4, 0.5) is 4.39 Å². The molecule has 0 heterocycles. The second kappa shape index (κ2) is 7.59. The first-order valence-corrected chi connectivity index (χ1v) is 7.41. The van der Waals surface area contributed by atoms with E-state index in [4.69, 9.17) is 35.4 Å². The lowest BCUT2D eigenvalue weighted by atomic mass is 10.2. The second-order valence-electron chi connectivity index (χ2n) is 4.40. The van der Waals surface area contributed by atoms with Gasteiger partial charge in [-0.2, -0.15) is 0 Å². The maximum absolute atomic E-state index is 12.8. The van der Waals surface area contributed by atoms with Crippen LogP contribution in [-0.4, -0.2) is 5.11 Å². The summed E-state index contributed by atoms with van der Waals surface area (Å²) in [6, 6.07) is 11.6. The van der Waals surface area contributed by atoms with Crippen LogP contribution >= 0.6 is 35.4 Å². The fourth-order valence-electron chi connectivity index (χ4n) is 1.69. The van der Waals surface area contributed by atoms with Crippen LogP contribution < -0.4 is 10.6 Å². The van der Waals surface area contributed by atoms with Crippen LogP contribution in [0.2, 0.25) is 10.0 Å². The molecule has 0 spiro atoms. The van der Waals surface area contributed by atoms with E-state index in [9.17, 15) is 4.39 Å². The van der Waals surface area contributed by atoms with Gasteiger partial charge in [0.25, 0.3) is 0 Å². The Labute approximate surface area is 138 Å². The largest absolute Gasteiger partial charge is 0.359 e. The Kier molecular flexibility index (Phi) is 5.79. The Hall–Kier alpha value is -1.36. The van der Waals surface area contributed by atoms with Crippen molar-refractivity contribution in [3.63, 3.8) is 0 Å². The number of hydrogen-bond donors (Lipinski definition) is 2. The van der Waals surface area contributed by atoms with Crippen molar-refractivity contribution in [3.8, 4) is 0 Å². The quantitative estimate of drug-likeness (QED) is 0.810. The van der Waals surface area contributed by atoms with Crippen molar-refractivity contribution in [1.82, 2.24) is 10.6 Å². The Balaban J connectivity index is 1.80. The van der Waals surface area contributed by atoms with E-state index >= 15 is 0 Å². The molecule has 21 heavy (non-hydrogen) atoms. The molecule has 0 aromatic heterocycles. The van der Waals surface area contributed by atoms with Crippen molar-refractivity contribution < 1.29 is 4.39 Å². The van der Waals surface area contributed by atoms with E-state index in [1.165, 1.54) is 12.1 Å². The normalized spacial score (nSPS) is 10.2. The zero-order chi connectivity index (χ0) is 15.2. The van der Waals surface area contributed by atoms with Crippen molar-refractivity contribution >= 4 is 40.5 Å². The summed E-state index contributed by atoms with van der Waals surface area (Å²) in [4.78, 5) is 0. The number of halogens is 3. The molecule has 0 amide bonds. The van der Waals surface area contributed by atoms with Crippen molar-refractivity contribution in [2.24, 2.45) is 0 Å². The highest BCUT2D eigenvalue weighted by molar-refractivity contribution is 7.80. The van der Waals surface area contributed by atoms with Gasteiger partial charge in [-0.15, -0.1) is 0 Å². The van der Waals surface area contributed by atoms with Gasteiger partial charge in [0.1, 0.15) is 5.82 Å². The first-order chi connectivity index (χ1) is 10.0. The summed E-state index contributed by atoms with van der Waals surface area (Å²) in [5.74, 6) is -0.253. The fraction of sp³-hybridized carbons (Fsp3) is 0.133. The first-order valence-electron chi connectivity index (χ1n) is 6.24. The van der Waals surface area contributed by atoms with Gasteiger partial charge in [0.2, 0.25) is 0 Å². The minimum atomic E-state index is -0.253. The highest BCUT2D eigenvalue weighted by Crippen LogP contribution is 2.20. The lowest BCUT2D eigenvalue weighted by Crippen LogP contribution is -2.34. The lowest BCUT2D eigenvalue weighted by molar-refractivity contribution is 0.626. The van der Waals surface area contributed by atoms with Gasteiger partial charge < -0.3 is 10.6 Å². The molecular formula is C15H13Cl2FN2S. The third-order valence-electron chi connectivity index (χ3n) is 2.82. The summed E-state index contributed by atoms with van der Waals surface area (Å²) < 4.78 is 12.8. The number of benzene rings is 2. The summed E-state index contributed by atoms with van der Waals surface area (Å²) in [6.45, 7) is 1.03. The van der Waals surface area contributed by atoms with E-state index in [2.05, 4.69) is 10.6 Å². The number of thiocarbonyl (C=S) groups is 1. The molecule has 2 nitrogen and oxygen atoms in total. The molecule has 110 valence electrons. The average molecular weight is 343 g/mol. The van der Waals surface area contributed by atoms with Crippen LogP contribution in [-0.2, 0) is 13.1 Å². The van der Waals surface area contributed by atoms with Gasteiger partial charge in [0, 0.05) is 23.1 Å². The Morgan fingerprint density at radius 2 is 1.67 bits per heavy atom. The van der Waals surface area contributed by atoms with Crippen LogP contribution in [0.5, 0.6) is 0 Å². The Morgan fingerprint density at radius 3 is 2.33 bits per heavy atom. The molecule has 6 heteroatoms. The zero-order valence-corrected chi connectivity index (χ0v) is 13.3. The number of rotatable bonds is 4. The Morgan fingerprint density at radius 1 is 1.00 bits per heavy atom. The summed E-state index contributed by atoms with van der Waals surface area (Å²) in [6.07, 6.45) is 0. The zero-order valence-electron chi connectivity index (χ0n) is 11.0. The molecule has 0 fully saturated rings. The molecule has 0 saturated carbocycles. The molecule has 0 aliphatic carbocycles. The molecule has 0 saturated heterocycles. The van der Waals surface area contributed by atoms with E-state index in [1.807, 2.05) is 6.07 Å². The maximum atomic E-state index is 12.8. The van der Waals surface area contributed by atoms with Gasteiger partial charge >= 0.3 is 0 Å². The van der Waals surface area contributed by atoms with E-state index in [1.54, 1.807) is 24.3 Å². The summed E-state index contributed by atoms with van der Waals surface area (Å²) >= 11 is 17.1. The first kappa shape index (κ1) is 16.0. The topological polar surface area (TPSA) is 24.1 Å². The molecule has 0 unspecified atom stereocenters. The minimum absolute atomic E-state index is 0.253. The number of hydrogen-bond acceptors (Lipinski definition) is 1. The third kappa shape index (κ3) is 5.16. The SMILES string of the molecule is Fc1ccc(CNC(=S)NCc2ccc(Cl)cc2Cl)cc1. The van der Waals surface area contributed by atoms with Crippen LogP contribution in [0.3, 0.4) is 0 Å². The van der Waals surface area contributed by atoms with Crippen LogP contribution in [0.15, 0.2) is 42.5 Å². The van der Waals surface area contributed by atoms with E-state index in [0.29, 0.717) is 28.2 Å². The summed E-state index contributed by atoms with van der Waals surface area (Å²) in [5, 5.41) is 7.80. The maximum Gasteiger partial charge on any atom is 0.166 e. The standard InChI is InChI=1S/C15H13Cl2FN2S/c16-12-4-3-11(14(17)7-12)9-20-15(21)19-8-10-1-5-13(18)6-2-10/h1-7H,8-9H2,(H2,19,20,21). The second-order valence-corrected chi connectivity index (χ2v) is 5.65. The fourth-order valence-corrected chi connectivity index (χ4v) is 2.31. The highest BCUT2D eigenvalue weighted by Gasteiger charge is 2.02. The van der Waals surface area contributed by atoms with Crippen molar-refractivity contribution in [1.29, 1.82) is 0 Å². The van der Waals surface area contributed by atoms with Gasteiger partial charge in [0.15, 0.2) is 5.11 Å². The third-order valence-corrected chi connectivity index (χ3v) is 3.70. The van der Waals surface area contributed by atoms with Crippen molar-refractivity contribution in [3.05, 3.63) is 69.5 Å². The molecule has 2 N–H and O–H groups in total. The van der Waals surface area contributed by atoms with Gasteiger partial charge in [-0.25, -0.2) is 4.39 Å². The van der Waals surface area contributed by atoms with Crippen molar-refractivity contribution in [2.45, 2.75) is 13.1 Å². The summed E-state index contributed by atoms with van der Waals surface area (Å²) in [7, 11) is 0. The highest BCUT2D eigenvalue weighted by atomic mass is 35.5. The molecule has 2 aromatic carbocycles. The molecular weight excluding hydrogens is 330 g/mol. The smallest absolute Gasteiger partial charge is 0.166 e. The summed E-state index contributed by atoms with van der Waals surface area (Å²) in [5.41, 5.74) is 1.86. The molecule has 2 aromatic rings. The molecule has 0 aliphatic heterocycles. The van der Waals surface area contributed by atoms with Crippen LogP contribution in [0, 0.1) is 5.82 Å². The molecule has 0 aliphatic rings. The van der Waals surface area contributed by atoms with Crippen LogP contribution in [0.1, 0.15) is 11.1 Å². The van der Waals surface area contributed by atoms with E-state index in [0.717, 1.165) is 11.1 Å². The molecule has 0 bridgehead atoms. The minimum Gasteiger partial charge on any atom is -0.359 e. The predicted octanol–water partition coefficient (Wildman–Crippen LogP) is 4.30. The van der Waals surface area contributed by atoms with E-state index < -0.39 is 0 Å². The monoisotopic (exact) mass is 342 g/mol. The van der Waals surface area contributed by atoms with Gasteiger partial charge in [0.05, 0.1) is 0 Å². The van der Waals surface area contributed by atoms with Gasteiger partial charge in [-0.3, -0.25) is 0 Å². The molecule has 0 atom stereocenters. The van der Waals surface area contributed by atoms with Gasteiger partial charge in [-0.05, 0) is 47.6 Å². The Bertz CT molecular complexity index is 632. The van der Waals surface area contributed by atoms with Gasteiger partial charge in [-0.1, -0.05) is 41.4 Å².